The third-order valence-electron chi connectivity index (χ3n) is 3.80. The van der Waals surface area contributed by atoms with E-state index in [-0.39, 0.29) is 21.4 Å². The van der Waals surface area contributed by atoms with Gasteiger partial charge in [0.15, 0.2) is 9.84 Å². The second-order valence-electron chi connectivity index (χ2n) is 5.65. The molecule has 1 aromatic carbocycles. The van der Waals surface area contributed by atoms with Crippen LogP contribution in [0.4, 0.5) is 0 Å². The smallest absolute Gasteiger partial charge is 0.240 e. The van der Waals surface area contributed by atoms with Crippen LogP contribution in [0.1, 0.15) is 16.6 Å². The fraction of sp³-hybridized carbons (Fsp3) is 0.176. The molecule has 0 saturated carbocycles. The Morgan fingerprint density at radius 2 is 1.77 bits per heavy atom. The summed E-state index contributed by atoms with van der Waals surface area (Å²) < 4.78 is 58.6. The molecule has 138 valence electrons. The van der Waals surface area contributed by atoms with E-state index in [0.717, 1.165) is 16.9 Å². The summed E-state index contributed by atoms with van der Waals surface area (Å²) in [5.74, 6) is 0.185. The molecule has 0 fully saturated rings. The van der Waals surface area contributed by atoms with Gasteiger partial charge >= 0.3 is 0 Å². The molecule has 0 aliphatic rings. The van der Waals surface area contributed by atoms with E-state index < -0.39 is 25.1 Å². The van der Waals surface area contributed by atoms with Gasteiger partial charge in [-0.3, -0.25) is 0 Å². The molecule has 1 atom stereocenters. The van der Waals surface area contributed by atoms with Crippen molar-refractivity contribution in [3.05, 3.63) is 71.5 Å². The lowest BCUT2D eigenvalue weighted by Gasteiger charge is -2.16. The minimum absolute atomic E-state index is 0.0785. The van der Waals surface area contributed by atoms with Gasteiger partial charge in [-0.25, -0.2) is 21.6 Å². The number of nitrogens with one attached hydrogen (secondary N) is 1. The molecule has 9 heteroatoms. The van der Waals surface area contributed by atoms with E-state index >= 15 is 0 Å². The van der Waals surface area contributed by atoms with Crippen molar-refractivity contribution in [3.8, 4) is 0 Å². The van der Waals surface area contributed by atoms with Crippen LogP contribution in [0.25, 0.3) is 0 Å². The van der Waals surface area contributed by atoms with Crippen molar-refractivity contribution >= 4 is 31.2 Å². The lowest BCUT2D eigenvalue weighted by Crippen LogP contribution is -2.31. The zero-order valence-corrected chi connectivity index (χ0v) is 16.3. The highest BCUT2D eigenvalue weighted by atomic mass is 32.2. The number of aryl methyl sites for hydroxylation is 1. The standard InChI is InChI=1S/C17H17NO5S3/c1-13-6-8-14(9-7-13)26(21,22)18-12-16(15-4-2-10-23-15)25(19,20)17-5-3-11-24-17/h2-11,16,18H,12H2,1H3/t16-/m1/s1. The fourth-order valence-electron chi connectivity index (χ4n) is 2.39. The molecule has 0 amide bonds. The number of thiophene rings is 1. The van der Waals surface area contributed by atoms with Gasteiger partial charge in [0.2, 0.25) is 10.0 Å². The van der Waals surface area contributed by atoms with Gasteiger partial charge in [0, 0.05) is 6.54 Å². The molecule has 3 aromatic rings. The molecule has 26 heavy (non-hydrogen) atoms. The maximum absolute atomic E-state index is 12.9. The monoisotopic (exact) mass is 411 g/mol. The zero-order chi connectivity index (χ0) is 18.8. The van der Waals surface area contributed by atoms with Gasteiger partial charge < -0.3 is 4.42 Å². The largest absolute Gasteiger partial charge is 0.468 e. The van der Waals surface area contributed by atoms with E-state index in [1.807, 2.05) is 6.92 Å². The van der Waals surface area contributed by atoms with Crippen molar-refractivity contribution in [1.29, 1.82) is 0 Å². The van der Waals surface area contributed by atoms with Gasteiger partial charge in [-0.2, -0.15) is 0 Å². The molecule has 0 unspecified atom stereocenters. The van der Waals surface area contributed by atoms with Crippen molar-refractivity contribution in [2.45, 2.75) is 21.3 Å². The molecule has 1 N–H and O–H groups in total. The molecule has 2 aromatic heterocycles. The summed E-state index contributed by atoms with van der Waals surface area (Å²) in [6, 6.07) is 12.5. The van der Waals surface area contributed by atoms with Gasteiger partial charge in [0.25, 0.3) is 0 Å². The Hall–Kier alpha value is -1.94. The highest BCUT2D eigenvalue weighted by molar-refractivity contribution is 7.93. The molecule has 0 spiro atoms. The Bertz CT molecular complexity index is 1050. The van der Waals surface area contributed by atoms with Crippen LogP contribution in [0, 0.1) is 6.92 Å². The van der Waals surface area contributed by atoms with E-state index in [9.17, 15) is 16.8 Å². The predicted octanol–water partition coefficient (Wildman–Crippen LogP) is 3.14. The van der Waals surface area contributed by atoms with E-state index in [1.54, 1.807) is 29.6 Å². The summed E-state index contributed by atoms with van der Waals surface area (Å²) in [5, 5.41) is 0.499. The molecular weight excluding hydrogens is 394 g/mol. The molecule has 0 radical (unpaired) electrons. The topological polar surface area (TPSA) is 93.4 Å². The van der Waals surface area contributed by atoms with Crippen LogP contribution in [0.15, 0.2) is 73.7 Å². The molecular formula is C17H17NO5S3. The average molecular weight is 412 g/mol. The van der Waals surface area contributed by atoms with Gasteiger partial charge in [0.1, 0.15) is 15.2 Å². The Balaban J connectivity index is 1.89. The Labute approximate surface area is 156 Å². The first-order chi connectivity index (χ1) is 12.3. The van der Waals surface area contributed by atoms with Gasteiger partial charge in [-0.05, 0) is 42.6 Å². The number of hydrogen-bond acceptors (Lipinski definition) is 6. The maximum atomic E-state index is 12.9. The second-order valence-corrected chi connectivity index (χ2v) is 10.7. The summed E-state index contributed by atoms with van der Waals surface area (Å²) in [5.41, 5.74) is 0.928. The summed E-state index contributed by atoms with van der Waals surface area (Å²) in [4.78, 5) is 0.0785. The summed E-state index contributed by atoms with van der Waals surface area (Å²) in [6.07, 6.45) is 1.36. The van der Waals surface area contributed by atoms with E-state index in [2.05, 4.69) is 4.72 Å². The van der Waals surface area contributed by atoms with Crippen LogP contribution in [0.2, 0.25) is 0 Å². The normalized spacial score (nSPS) is 13.6. The summed E-state index contributed by atoms with van der Waals surface area (Å²) in [6.45, 7) is 1.52. The fourth-order valence-corrected chi connectivity index (χ4v) is 6.33. The molecule has 0 aliphatic carbocycles. The molecule has 0 aliphatic heterocycles. The summed E-state index contributed by atoms with van der Waals surface area (Å²) >= 11 is 1.08. The first-order valence-corrected chi connectivity index (χ1v) is 11.6. The summed E-state index contributed by atoms with van der Waals surface area (Å²) in [7, 11) is -7.64. The predicted molar refractivity (Wildman–Crippen MR) is 99.3 cm³/mol. The first kappa shape index (κ1) is 18.8. The second kappa shape index (κ2) is 7.36. The van der Waals surface area contributed by atoms with Crippen molar-refractivity contribution < 1.29 is 21.3 Å². The minimum atomic E-state index is -3.84. The van der Waals surface area contributed by atoms with Gasteiger partial charge in [-0.1, -0.05) is 23.8 Å². The van der Waals surface area contributed by atoms with E-state index in [4.69, 9.17) is 4.42 Å². The van der Waals surface area contributed by atoms with E-state index in [1.165, 1.54) is 30.5 Å². The van der Waals surface area contributed by atoms with E-state index in [0.29, 0.717) is 0 Å². The highest BCUT2D eigenvalue weighted by Crippen LogP contribution is 2.31. The number of sulfone groups is 1. The van der Waals surface area contributed by atoms with Gasteiger partial charge in [-0.15, -0.1) is 11.3 Å². The van der Waals surface area contributed by atoms with Crippen molar-refractivity contribution in [3.63, 3.8) is 0 Å². The van der Waals surface area contributed by atoms with Crippen LogP contribution >= 0.6 is 11.3 Å². The lowest BCUT2D eigenvalue weighted by molar-refractivity contribution is 0.487. The zero-order valence-electron chi connectivity index (χ0n) is 13.8. The first-order valence-electron chi connectivity index (χ1n) is 7.68. The maximum Gasteiger partial charge on any atom is 0.240 e. The molecule has 3 rings (SSSR count). The Morgan fingerprint density at radius 3 is 2.35 bits per heavy atom. The van der Waals surface area contributed by atoms with Crippen LogP contribution in [-0.2, 0) is 19.9 Å². The van der Waals surface area contributed by atoms with Crippen LogP contribution in [-0.4, -0.2) is 23.4 Å². The lowest BCUT2D eigenvalue weighted by atomic mass is 10.2. The third-order valence-corrected chi connectivity index (χ3v) is 8.73. The van der Waals surface area contributed by atoms with Crippen molar-refractivity contribution in [2.24, 2.45) is 0 Å². The Kier molecular flexibility index (Phi) is 5.33. The number of rotatable bonds is 7. The molecule has 0 bridgehead atoms. The minimum Gasteiger partial charge on any atom is -0.468 e. The number of benzene rings is 1. The number of sulfonamides is 1. The quantitative estimate of drug-likeness (QED) is 0.645. The SMILES string of the molecule is Cc1ccc(S(=O)(=O)NC[C@H](c2ccco2)S(=O)(=O)c2cccs2)cc1. The molecule has 0 saturated heterocycles. The molecule has 6 nitrogen and oxygen atoms in total. The highest BCUT2D eigenvalue weighted by Gasteiger charge is 2.33. The van der Waals surface area contributed by atoms with Crippen LogP contribution < -0.4 is 4.72 Å². The van der Waals surface area contributed by atoms with Crippen LogP contribution in [0.5, 0.6) is 0 Å². The Morgan fingerprint density at radius 1 is 1.04 bits per heavy atom. The van der Waals surface area contributed by atoms with Gasteiger partial charge in [0.05, 0.1) is 11.2 Å². The van der Waals surface area contributed by atoms with Crippen LogP contribution in [0.3, 0.4) is 0 Å². The third kappa shape index (κ3) is 3.90. The number of hydrogen-bond donors (Lipinski definition) is 1. The van der Waals surface area contributed by atoms with Crippen molar-refractivity contribution in [1.82, 2.24) is 4.72 Å². The molecule has 2 heterocycles. The average Bonchev–Trinajstić information content (AvgIpc) is 3.29. The number of furan rings is 1. The van der Waals surface area contributed by atoms with Crippen molar-refractivity contribution in [2.75, 3.05) is 6.54 Å².